The number of fused-ring (bicyclic) bond motifs is 5. The number of rotatable bonds is 0. The van der Waals surface area contributed by atoms with Crippen LogP contribution in [0.15, 0.2) is 18.2 Å². The van der Waals surface area contributed by atoms with Crippen molar-refractivity contribution in [3.05, 3.63) is 28.6 Å². The van der Waals surface area contributed by atoms with E-state index in [2.05, 4.69) is 6.92 Å². The zero-order valence-electron chi connectivity index (χ0n) is 11.0. The van der Waals surface area contributed by atoms with Crippen molar-refractivity contribution >= 4 is 21.4 Å². The number of aryl methyl sites for hydroxylation is 1. The van der Waals surface area contributed by atoms with Crippen molar-refractivity contribution < 1.29 is 10.2 Å². The molecule has 2 N–H and O–H groups in total. The van der Waals surface area contributed by atoms with Gasteiger partial charge in [-0.05, 0) is 54.8 Å². The third kappa shape index (κ3) is 1.46. The highest BCUT2D eigenvalue weighted by atomic mass is 32.1. The monoisotopic (exact) mass is 274 g/mol. The van der Waals surface area contributed by atoms with E-state index < -0.39 is 0 Å². The fourth-order valence-corrected chi connectivity index (χ4v) is 5.66. The van der Waals surface area contributed by atoms with Gasteiger partial charge in [-0.25, -0.2) is 0 Å². The van der Waals surface area contributed by atoms with Gasteiger partial charge in [0.25, 0.3) is 0 Å². The van der Waals surface area contributed by atoms with Crippen LogP contribution < -0.4 is 0 Å². The van der Waals surface area contributed by atoms with Crippen molar-refractivity contribution in [2.75, 3.05) is 0 Å². The third-order valence-electron chi connectivity index (χ3n) is 5.32. The minimum atomic E-state index is -0.149. The molecule has 2 aliphatic rings. The summed E-state index contributed by atoms with van der Waals surface area (Å²) in [6.07, 6.45) is 4.02. The molecule has 1 saturated carbocycles. The van der Waals surface area contributed by atoms with Crippen molar-refractivity contribution in [1.82, 2.24) is 0 Å². The van der Waals surface area contributed by atoms with Crippen LogP contribution in [0.1, 0.15) is 42.5 Å². The quantitative estimate of drug-likeness (QED) is 0.767. The number of aliphatic hydroxyl groups excluding tert-OH is 1. The van der Waals surface area contributed by atoms with Gasteiger partial charge in [0.2, 0.25) is 0 Å². The van der Waals surface area contributed by atoms with Crippen LogP contribution in [-0.4, -0.2) is 16.3 Å². The molecule has 0 radical (unpaired) electrons. The molecule has 19 heavy (non-hydrogen) atoms. The van der Waals surface area contributed by atoms with Crippen LogP contribution in [0.25, 0.3) is 10.1 Å². The molecule has 0 aliphatic heterocycles. The average Bonchev–Trinajstić information content (AvgIpc) is 2.87. The van der Waals surface area contributed by atoms with Gasteiger partial charge in [-0.1, -0.05) is 6.92 Å². The smallest absolute Gasteiger partial charge is 0.117 e. The van der Waals surface area contributed by atoms with Crippen LogP contribution in [-0.2, 0) is 6.42 Å². The van der Waals surface area contributed by atoms with Gasteiger partial charge in [0, 0.05) is 20.9 Å². The average molecular weight is 274 g/mol. The second kappa shape index (κ2) is 3.74. The number of aliphatic hydroxyl groups is 1. The Kier molecular flexibility index (Phi) is 2.31. The van der Waals surface area contributed by atoms with E-state index in [4.69, 9.17) is 0 Å². The molecule has 100 valence electrons. The molecular formula is C16H18O2S. The normalized spacial score (nSPS) is 33.4. The van der Waals surface area contributed by atoms with Gasteiger partial charge in [-0.15, -0.1) is 11.3 Å². The minimum absolute atomic E-state index is 0.0654. The third-order valence-corrected chi connectivity index (χ3v) is 6.63. The largest absolute Gasteiger partial charge is 0.508 e. The summed E-state index contributed by atoms with van der Waals surface area (Å²) in [7, 11) is 0. The molecule has 0 bridgehead atoms. The van der Waals surface area contributed by atoms with E-state index in [1.807, 2.05) is 23.5 Å². The maximum absolute atomic E-state index is 10.3. The highest BCUT2D eigenvalue weighted by molar-refractivity contribution is 7.19. The SMILES string of the molecule is CC12CCc3c(sc4cc(O)ccc34)[C@H]1CC[C@@H]2O. The van der Waals surface area contributed by atoms with E-state index in [1.54, 1.807) is 6.07 Å². The van der Waals surface area contributed by atoms with E-state index in [0.717, 1.165) is 25.7 Å². The summed E-state index contributed by atoms with van der Waals surface area (Å²) in [4.78, 5) is 1.46. The van der Waals surface area contributed by atoms with Gasteiger partial charge in [0.1, 0.15) is 5.75 Å². The number of thiophene rings is 1. The Morgan fingerprint density at radius 2 is 2.16 bits per heavy atom. The van der Waals surface area contributed by atoms with Crippen LogP contribution >= 0.6 is 11.3 Å². The molecule has 1 aromatic carbocycles. The molecule has 3 heteroatoms. The highest BCUT2D eigenvalue weighted by Gasteiger charge is 2.49. The molecule has 4 rings (SSSR count). The number of benzene rings is 1. The van der Waals surface area contributed by atoms with E-state index in [9.17, 15) is 10.2 Å². The first-order valence-corrected chi connectivity index (χ1v) is 7.83. The standard InChI is InChI=1S/C16H18O2S/c1-16-7-6-11-10-3-2-9(17)8-13(10)19-15(11)12(16)4-5-14(16)18/h2-3,8,12,14,17-18H,4-7H2,1H3/t12-,14+,16?/m1/s1. The van der Waals surface area contributed by atoms with Gasteiger partial charge in [-0.3, -0.25) is 0 Å². The van der Waals surface area contributed by atoms with Crippen LogP contribution in [0.2, 0.25) is 0 Å². The van der Waals surface area contributed by atoms with Crippen molar-refractivity contribution in [2.24, 2.45) is 5.41 Å². The number of hydrogen-bond acceptors (Lipinski definition) is 3. The molecule has 1 unspecified atom stereocenters. The second-order valence-corrected chi connectivity index (χ2v) is 7.36. The lowest BCUT2D eigenvalue weighted by atomic mass is 9.69. The first kappa shape index (κ1) is 11.7. The predicted octanol–water partition coefficient (Wildman–Crippen LogP) is 3.80. The number of phenols is 1. The zero-order chi connectivity index (χ0) is 13.2. The molecule has 2 aliphatic carbocycles. The summed E-state index contributed by atoms with van der Waals surface area (Å²) in [6.45, 7) is 2.25. The molecule has 1 aromatic heterocycles. The minimum Gasteiger partial charge on any atom is -0.508 e. The summed E-state index contributed by atoms with van der Waals surface area (Å²) in [5, 5.41) is 21.2. The second-order valence-electron chi connectivity index (χ2n) is 6.28. The fraction of sp³-hybridized carbons (Fsp3) is 0.500. The van der Waals surface area contributed by atoms with Gasteiger partial charge < -0.3 is 10.2 Å². The Bertz CT molecular complexity index is 660. The maximum atomic E-state index is 10.3. The predicted molar refractivity (Wildman–Crippen MR) is 77.9 cm³/mol. The van der Waals surface area contributed by atoms with E-state index in [1.165, 1.54) is 20.5 Å². The van der Waals surface area contributed by atoms with Crippen molar-refractivity contribution in [2.45, 2.75) is 44.6 Å². The Morgan fingerprint density at radius 3 is 3.00 bits per heavy atom. The summed E-state index contributed by atoms with van der Waals surface area (Å²) in [5.74, 6) is 0.853. The first-order valence-electron chi connectivity index (χ1n) is 7.02. The van der Waals surface area contributed by atoms with Gasteiger partial charge in [-0.2, -0.15) is 0 Å². The van der Waals surface area contributed by atoms with E-state index in [-0.39, 0.29) is 11.5 Å². The van der Waals surface area contributed by atoms with E-state index >= 15 is 0 Å². The fourth-order valence-electron chi connectivity index (χ4n) is 4.08. The van der Waals surface area contributed by atoms with Crippen LogP contribution in [0.3, 0.4) is 0 Å². The lowest BCUT2D eigenvalue weighted by Crippen LogP contribution is -2.34. The molecule has 3 atom stereocenters. The number of aromatic hydroxyl groups is 1. The lowest BCUT2D eigenvalue weighted by molar-refractivity contribution is 0.0467. The van der Waals surface area contributed by atoms with Crippen LogP contribution in [0.4, 0.5) is 0 Å². The van der Waals surface area contributed by atoms with Crippen LogP contribution in [0, 0.1) is 5.41 Å². The summed E-state index contributed by atoms with van der Waals surface area (Å²) in [5.41, 5.74) is 1.53. The Balaban J connectivity index is 1.93. The molecule has 0 spiro atoms. The summed E-state index contributed by atoms with van der Waals surface area (Å²) >= 11 is 1.82. The molecular weight excluding hydrogens is 256 g/mol. The zero-order valence-corrected chi connectivity index (χ0v) is 11.8. The number of phenolic OH excluding ortho intramolecular Hbond substituents is 1. The first-order chi connectivity index (χ1) is 9.09. The molecule has 1 heterocycles. The molecule has 2 nitrogen and oxygen atoms in total. The van der Waals surface area contributed by atoms with E-state index in [0.29, 0.717) is 11.7 Å². The highest BCUT2D eigenvalue weighted by Crippen LogP contribution is 2.58. The maximum Gasteiger partial charge on any atom is 0.117 e. The van der Waals surface area contributed by atoms with Crippen LogP contribution in [0.5, 0.6) is 5.75 Å². The molecule has 2 aromatic rings. The lowest BCUT2D eigenvalue weighted by Gasteiger charge is -2.38. The van der Waals surface area contributed by atoms with Crippen molar-refractivity contribution in [1.29, 1.82) is 0 Å². The summed E-state index contributed by atoms with van der Waals surface area (Å²) < 4.78 is 1.19. The topological polar surface area (TPSA) is 40.5 Å². The number of hydrogen-bond donors (Lipinski definition) is 2. The summed E-state index contributed by atoms with van der Waals surface area (Å²) in [6, 6.07) is 5.71. The van der Waals surface area contributed by atoms with Gasteiger partial charge >= 0.3 is 0 Å². The van der Waals surface area contributed by atoms with Gasteiger partial charge in [0.15, 0.2) is 0 Å². The Morgan fingerprint density at radius 1 is 1.32 bits per heavy atom. The van der Waals surface area contributed by atoms with Crippen molar-refractivity contribution in [3.63, 3.8) is 0 Å². The molecule has 1 fully saturated rings. The Hall–Kier alpha value is -1.06. The van der Waals surface area contributed by atoms with Crippen molar-refractivity contribution in [3.8, 4) is 5.75 Å². The molecule has 0 amide bonds. The molecule has 0 saturated heterocycles. The van der Waals surface area contributed by atoms with Gasteiger partial charge in [0.05, 0.1) is 6.10 Å². The Labute approximate surface area is 116 Å².